The summed E-state index contributed by atoms with van der Waals surface area (Å²) in [5.41, 5.74) is 2.56. The van der Waals surface area contributed by atoms with Crippen molar-refractivity contribution in [1.29, 1.82) is 0 Å². The van der Waals surface area contributed by atoms with Gasteiger partial charge in [0, 0.05) is 41.2 Å². The van der Waals surface area contributed by atoms with Gasteiger partial charge in [-0.15, -0.1) is 0 Å². The number of rotatable bonds is 6. The number of hydrogen-bond acceptors (Lipinski definition) is 7. The van der Waals surface area contributed by atoms with Crippen molar-refractivity contribution in [3.63, 3.8) is 0 Å². The molecule has 2 aromatic carbocycles. The molecule has 0 radical (unpaired) electrons. The summed E-state index contributed by atoms with van der Waals surface area (Å²) in [5, 5.41) is 18.1. The Morgan fingerprint density at radius 3 is 2.64 bits per heavy atom. The summed E-state index contributed by atoms with van der Waals surface area (Å²) >= 11 is 0. The molecule has 1 fully saturated rings. The molecule has 0 bridgehead atoms. The predicted molar refractivity (Wildman–Crippen MR) is 149 cm³/mol. The van der Waals surface area contributed by atoms with Crippen molar-refractivity contribution in [3.8, 4) is 17.1 Å². The minimum Gasteiger partial charge on any atom is -0.487 e. The number of hydrogen-bond donors (Lipinski definition) is 4. The van der Waals surface area contributed by atoms with Gasteiger partial charge in [0.05, 0.1) is 11.6 Å². The van der Waals surface area contributed by atoms with Crippen LogP contribution in [0.5, 0.6) is 5.75 Å². The molecule has 4 heterocycles. The van der Waals surface area contributed by atoms with Crippen molar-refractivity contribution in [2.24, 2.45) is 0 Å². The lowest BCUT2D eigenvalue weighted by molar-refractivity contribution is 0.0619. The van der Waals surface area contributed by atoms with Crippen LogP contribution in [0.3, 0.4) is 0 Å². The first kappa shape index (κ1) is 25.1. The first-order chi connectivity index (χ1) is 18.9. The van der Waals surface area contributed by atoms with Crippen LogP contribution < -0.4 is 20.7 Å². The second-order valence-corrected chi connectivity index (χ2v) is 10.9. The zero-order valence-corrected chi connectivity index (χ0v) is 22.2. The van der Waals surface area contributed by atoms with Crippen molar-refractivity contribution >= 4 is 11.6 Å². The Morgan fingerprint density at radius 2 is 1.82 bits per heavy atom. The molecule has 9 heteroatoms. The molecule has 2 aliphatic rings. The number of anilines is 1. The van der Waals surface area contributed by atoms with E-state index in [-0.39, 0.29) is 17.6 Å². The van der Waals surface area contributed by atoms with E-state index in [9.17, 15) is 4.79 Å². The molecule has 1 atom stereocenters. The Labute approximate surface area is 227 Å². The van der Waals surface area contributed by atoms with E-state index in [0.29, 0.717) is 17.8 Å². The highest BCUT2D eigenvalue weighted by Gasteiger charge is 2.38. The molecule has 4 N–H and O–H groups in total. The average Bonchev–Trinajstić information content (AvgIpc) is 3.45. The van der Waals surface area contributed by atoms with E-state index >= 15 is 0 Å². The number of nitrogens with one attached hydrogen (secondary N) is 4. The Bertz CT molecular complexity index is 1460. The lowest BCUT2D eigenvalue weighted by atomic mass is 9.87. The second-order valence-electron chi connectivity index (χ2n) is 10.9. The molecule has 0 saturated carbocycles. The fourth-order valence-corrected chi connectivity index (χ4v) is 5.57. The number of nitrogens with zero attached hydrogens (tertiary/aromatic N) is 3. The number of piperidine rings is 1. The Balaban J connectivity index is 1.24. The van der Waals surface area contributed by atoms with Gasteiger partial charge in [-0.2, -0.15) is 5.10 Å². The first-order valence-corrected chi connectivity index (χ1v) is 13.4. The number of aromatic nitrogens is 4. The van der Waals surface area contributed by atoms with E-state index in [1.165, 1.54) is 0 Å². The number of H-pyrrole nitrogens is 1. The number of pyridine rings is 1. The number of amides is 1. The van der Waals surface area contributed by atoms with Crippen LogP contribution in [0, 0.1) is 0 Å². The molecule has 0 spiro atoms. The third-order valence-electron chi connectivity index (χ3n) is 7.52. The zero-order valence-electron chi connectivity index (χ0n) is 22.2. The predicted octanol–water partition coefficient (Wildman–Crippen LogP) is 4.59. The van der Waals surface area contributed by atoms with Crippen molar-refractivity contribution in [2.75, 3.05) is 18.4 Å². The van der Waals surface area contributed by atoms with Crippen LogP contribution >= 0.6 is 0 Å². The number of aromatic amines is 1. The molecule has 1 saturated heterocycles. The SMILES string of the molecule is CC1(C)C[C@H](NC(=O)c2cccc(NC3(c4nc(-c5ccncc5)n[nH]4)CCNCC3)c2)c2ccccc2O1. The third kappa shape index (κ3) is 5.22. The largest absolute Gasteiger partial charge is 0.487 e. The van der Waals surface area contributed by atoms with Crippen molar-refractivity contribution < 1.29 is 9.53 Å². The van der Waals surface area contributed by atoms with Gasteiger partial charge in [-0.1, -0.05) is 24.3 Å². The molecule has 1 amide bonds. The number of benzene rings is 2. The fourth-order valence-electron chi connectivity index (χ4n) is 5.57. The molecular formula is C30H33N7O2. The van der Waals surface area contributed by atoms with Gasteiger partial charge in [0.25, 0.3) is 5.91 Å². The van der Waals surface area contributed by atoms with Crippen LogP contribution in [-0.2, 0) is 5.54 Å². The first-order valence-electron chi connectivity index (χ1n) is 13.4. The van der Waals surface area contributed by atoms with Crippen molar-refractivity contribution in [1.82, 2.24) is 30.8 Å². The number of carbonyl (C=O) groups is 1. The third-order valence-corrected chi connectivity index (χ3v) is 7.52. The Morgan fingerprint density at radius 1 is 1.03 bits per heavy atom. The van der Waals surface area contributed by atoms with Gasteiger partial charge in [-0.3, -0.25) is 14.9 Å². The standard InChI is InChI=1S/C30H33N7O2/c1-29(2)19-24(23-8-3-4-9-25(23)39-29)33-27(38)21-6-5-7-22(18-21)35-30(12-16-32-17-13-30)28-34-26(36-37-28)20-10-14-31-15-11-20/h3-11,14-15,18,24,32,35H,12-13,16-17,19H2,1-2H3,(H,33,38)(H,34,36,37)/t24-/m0/s1. The van der Waals surface area contributed by atoms with Crippen molar-refractivity contribution in [2.45, 2.75) is 50.3 Å². The molecule has 39 heavy (non-hydrogen) atoms. The lowest BCUT2D eigenvalue weighted by Gasteiger charge is -2.38. The number of fused-ring (bicyclic) bond motifs is 1. The monoisotopic (exact) mass is 523 g/mol. The molecule has 6 rings (SSSR count). The Kier molecular flexibility index (Phi) is 6.52. The topological polar surface area (TPSA) is 117 Å². The summed E-state index contributed by atoms with van der Waals surface area (Å²) in [6.45, 7) is 5.79. The quantitative estimate of drug-likeness (QED) is 0.292. The zero-order chi connectivity index (χ0) is 26.9. The summed E-state index contributed by atoms with van der Waals surface area (Å²) in [7, 11) is 0. The summed E-state index contributed by atoms with van der Waals surface area (Å²) in [6, 6.07) is 19.2. The summed E-state index contributed by atoms with van der Waals surface area (Å²) in [6.07, 6.45) is 5.81. The maximum Gasteiger partial charge on any atom is 0.251 e. The van der Waals surface area contributed by atoms with Gasteiger partial charge >= 0.3 is 0 Å². The smallest absolute Gasteiger partial charge is 0.251 e. The van der Waals surface area contributed by atoms with Crippen LogP contribution in [0.2, 0.25) is 0 Å². The molecule has 2 aromatic heterocycles. The number of para-hydroxylation sites is 1. The highest BCUT2D eigenvalue weighted by Crippen LogP contribution is 2.39. The van der Waals surface area contributed by atoms with Crippen LogP contribution in [0.25, 0.3) is 11.4 Å². The minimum atomic E-state index is -0.442. The molecule has 9 nitrogen and oxygen atoms in total. The fraction of sp³-hybridized carbons (Fsp3) is 0.333. The second kappa shape index (κ2) is 10.1. The summed E-state index contributed by atoms with van der Waals surface area (Å²) in [5.74, 6) is 2.13. The number of ether oxygens (including phenoxy) is 1. The van der Waals surface area contributed by atoms with E-state index in [2.05, 4.69) is 45.0 Å². The van der Waals surface area contributed by atoms with E-state index in [1.807, 2.05) is 60.7 Å². The van der Waals surface area contributed by atoms with E-state index < -0.39 is 5.54 Å². The van der Waals surface area contributed by atoms with Crippen LogP contribution in [0.4, 0.5) is 5.69 Å². The van der Waals surface area contributed by atoms with E-state index in [4.69, 9.17) is 9.72 Å². The highest BCUT2D eigenvalue weighted by atomic mass is 16.5. The molecule has 4 aromatic rings. The number of carbonyl (C=O) groups excluding carboxylic acids is 1. The molecule has 200 valence electrons. The molecule has 0 unspecified atom stereocenters. The summed E-state index contributed by atoms with van der Waals surface area (Å²) < 4.78 is 6.14. The molecule has 0 aliphatic carbocycles. The van der Waals surface area contributed by atoms with Crippen LogP contribution in [-0.4, -0.2) is 44.8 Å². The Hall–Kier alpha value is -4.24. The van der Waals surface area contributed by atoms with E-state index in [0.717, 1.165) is 54.3 Å². The minimum absolute atomic E-state index is 0.116. The van der Waals surface area contributed by atoms with Crippen molar-refractivity contribution in [3.05, 3.63) is 90.0 Å². The van der Waals surface area contributed by atoms with Gasteiger partial charge in [0.1, 0.15) is 11.4 Å². The molecular weight excluding hydrogens is 490 g/mol. The summed E-state index contributed by atoms with van der Waals surface area (Å²) in [4.78, 5) is 22.4. The van der Waals surface area contributed by atoms with Gasteiger partial charge in [-0.25, -0.2) is 4.98 Å². The van der Waals surface area contributed by atoms with Crippen LogP contribution in [0.1, 0.15) is 60.9 Å². The van der Waals surface area contributed by atoms with E-state index in [1.54, 1.807) is 12.4 Å². The molecule has 2 aliphatic heterocycles. The lowest BCUT2D eigenvalue weighted by Crippen LogP contribution is -2.46. The van der Waals surface area contributed by atoms with Gasteiger partial charge in [0.15, 0.2) is 11.6 Å². The van der Waals surface area contributed by atoms with Gasteiger partial charge in [-0.05, 0) is 76.2 Å². The maximum absolute atomic E-state index is 13.5. The van der Waals surface area contributed by atoms with Gasteiger partial charge in [0.2, 0.25) is 0 Å². The highest BCUT2D eigenvalue weighted by molar-refractivity contribution is 5.95. The van der Waals surface area contributed by atoms with Gasteiger partial charge < -0.3 is 20.7 Å². The normalized spacial score (nSPS) is 19.4. The van der Waals surface area contributed by atoms with Crippen LogP contribution in [0.15, 0.2) is 73.1 Å². The average molecular weight is 524 g/mol. The maximum atomic E-state index is 13.5.